The predicted molar refractivity (Wildman–Crippen MR) is 82.6 cm³/mol. The minimum absolute atomic E-state index is 0.0395. The second-order valence-corrected chi connectivity index (χ2v) is 5.49. The summed E-state index contributed by atoms with van der Waals surface area (Å²) in [6.07, 6.45) is 1.93. The van der Waals surface area contributed by atoms with Gasteiger partial charge in [-0.3, -0.25) is 0 Å². The van der Waals surface area contributed by atoms with E-state index in [1.54, 1.807) is 0 Å². The minimum Gasteiger partial charge on any atom is -0.324 e. The van der Waals surface area contributed by atoms with E-state index in [0.717, 1.165) is 29.0 Å². The smallest absolute Gasteiger partial charge is 0.0438 e. The maximum atomic E-state index is 6.25. The summed E-state index contributed by atoms with van der Waals surface area (Å²) in [4.78, 5) is 0. The van der Waals surface area contributed by atoms with Crippen LogP contribution < -0.4 is 5.73 Å². The van der Waals surface area contributed by atoms with Crippen molar-refractivity contribution in [3.8, 4) is 0 Å². The van der Waals surface area contributed by atoms with Crippen molar-refractivity contribution < 1.29 is 0 Å². The Bertz CT molecular complexity index is 563. The monoisotopic (exact) mass is 273 g/mol. The second kappa shape index (κ2) is 6.23. The van der Waals surface area contributed by atoms with Gasteiger partial charge in [-0.1, -0.05) is 48.0 Å². The summed E-state index contributed by atoms with van der Waals surface area (Å²) in [5.74, 6) is 0. The number of hydrogen-bond donors (Lipinski definition) is 1. The van der Waals surface area contributed by atoms with E-state index in [-0.39, 0.29) is 6.04 Å². The van der Waals surface area contributed by atoms with Gasteiger partial charge in [-0.2, -0.15) is 0 Å². The topological polar surface area (TPSA) is 26.0 Å². The Morgan fingerprint density at radius 2 is 1.79 bits per heavy atom. The molecular weight excluding hydrogens is 254 g/mol. The van der Waals surface area contributed by atoms with E-state index >= 15 is 0 Å². The summed E-state index contributed by atoms with van der Waals surface area (Å²) in [6.45, 7) is 4.15. The molecule has 1 atom stereocenters. The third-order valence-electron chi connectivity index (χ3n) is 3.61. The van der Waals surface area contributed by atoms with Gasteiger partial charge in [-0.25, -0.2) is 0 Å². The van der Waals surface area contributed by atoms with Crippen LogP contribution in [0.5, 0.6) is 0 Å². The molecule has 0 spiro atoms. The van der Waals surface area contributed by atoms with Crippen molar-refractivity contribution in [2.45, 2.75) is 32.7 Å². The Morgan fingerprint density at radius 1 is 1.05 bits per heavy atom. The van der Waals surface area contributed by atoms with Gasteiger partial charge in [-0.05, 0) is 55.0 Å². The highest BCUT2D eigenvalue weighted by molar-refractivity contribution is 6.31. The number of hydrogen-bond acceptors (Lipinski definition) is 1. The van der Waals surface area contributed by atoms with Gasteiger partial charge in [-0.15, -0.1) is 0 Å². The van der Waals surface area contributed by atoms with E-state index in [0.29, 0.717) is 0 Å². The summed E-state index contributed by atoms with van der Waals surface area (Å²) in [6, 6.07) is 14.6. The third kappa shape index (κ3) is 3.59. The molecule has 0 saturated carbocycles. The number of rotatable bonds is 4. The van der Waals surface area contributed by atoms with Crippen molar-refractivity contribution >= 4 is 11.6 Å². The average molecular weight is 274 g/mol. The Kier molecular flexibility index (Phi) is 4.62. The molecule has 1 unspecified atom stereocenters. The van der Waals surface area contributed by atoms with Crippen LogP contribution in [0.2, 0.25) is 5.02 Å². The molecule has 0 saturated heterocycles. The summed E-state index contributed by atoms with van der Waals surface area (Å²) < 4.78 is 0. The fourth-order valence-corrected chi connectivity index (χ4v) is 2.40. The highest BCUT2D eigenvalue weighted by atomic mass is 35.5. The van der Waals surface area contributed by atoms with Crippen molar-refractivity contribution in [2.75, 3.05) is 0 Å². The third-order valence-corrected chi connectivity index (χ3v) is 4.02. The maximum absolute atomic E-state index is 6.25. The summed E-state index contributed by atoms with van der Waals surface area (Å²) >= 11 is 6.14. The molecule has 0 aromatic heterocycles. The van der Waals surface area contributed by atoms with Gasteiger partial charge in [0.1, 0.15) is 0 Å². The van der Waals surface area contributed by atoms with Gasteiger partial charge in [0.05, 0.1) is 0 Å². The number of halogens is 1. The van der Waals surface area contributed by atoms with Crippen LogP contribution in [0.15, 0.2) is 42.5 Å². The van der Waals surface area contributed by atoms with Gasteiger partial charge >= 0.3 is 0 Å². The molecule has 2 heteroatoms. The summed E-state index contributed by atoms with van der Waals surface area (Å²) in [5, 5.41) is 0.795. The normalized spacial score (nSPS) is 12.4. The van der Waals surface area contributed by atoms with Crippen LogP contribution >= 0.6 is 11.6 Å². The van der Waals surface area contributed by atoms with Crippen LogP contribution in [-0.2, 0) is 6.42 Å². The highest BCUT2D eigenvalue weighted by Gasteiger charge is 2.08. The largest absolute Gasteiger partial charge is 0.324 e. The first-order chi connectivity index (χ1) is 9.08. The average Bonchev–Trinajstić information content (AvgIpc) is 2.40. The molecule has 0 radical (unpaired) electrons. The fraction of sp³-hybridized carbons (Fsp3) is 0.294. The Hall–Kier alpha value is -1.31. The quantitative estimate of drug-likeness (QED) is 0.866. The molecule has 0 amide bonds. The Labute approximate surface area is 120 Å². The number of benzene rings is 2. The van der Waals surface area contributed by atoms with E-state index in [9.17, 15) is 0 Å². The SMILES string of the molecule is Cc1ccc(C(N)CCc2ccccc2C)cc1Cl. The van der Waals surface area contributed by atoms with E-state index in [4.69, 9.17) is 17.3 Å². The lowest BCUT2D eigenvalue weighted by molar-refractivity contribution is 0.650. The van der Waals surface area contributed by atoms with Gasteiger partial charge < -0.3 is 5.73 Å². The van der Waals surface area contributed by atoms with Crippen LogP contribution in [0, 0.1) is 13.8 Å². The molecule has 2 aromatic rings. The van der Waals surface area contributed by atoms with Crippen LogP contribution in [0.25, 0.3) is 0 Å². The first-order valence-corrected chi connectivity index (χ1v) is 7.02. The summed E-state index contributed by atoms with van der Waals surface area (Å²) in [7, 11) is 0. The zero-order chi connectivity index (χ0) is 13.8. The van der Waals surface area contributed by atoms with E-state index < -0.39 is 0 Å². The van der Waals surface area contributed by atoms with Crippen molar-refractivity contribution in [1.29, 1.82) is 0 Å². The molecule has 0 aliphatic rings. The zero-order valence-electron chi connectivity index (χ0n) is 11.5. The molecule has 0 fully saturated rings. The molecule has 2 aromatic carbocycles. The van der Waals surface area contributed by atoms with E-state index in [2.05, 4.69) is 37.3 Å². The van der Waals surface area contributed by atoms with Gasteiger partial charge in [0, 0.05) is 11.1 Å². The number of aryl methyl sites for hydroxylation is 3. The first kappa shape index (κ1) is 14.1. The molecule has 0 bridgehead atoms. The van der Waals surface area contributed by atoms with Gasteiger partial charge in [0.15, 0.2) is 0 Å². The van der Waals surface area contributed by atoms with Crippen LogP contribution in [-0.4, -0.2) is 0 Å². The molecule has 0 aliphatic carbocycles. The fourth-order valence-electron chi connectivity index (χ4n) is 2.21. The van der Waals surface area contributed by atoms with Crippen molar-refractivity contribution in [3.05, 3.63) is 69.7 Å². The van der Waals surface area contributed by atoms with Crippen LogP contribution in [0.4, 0.5) is 0 Å². The molecular formula is C17H20ClN. The molecule has 1 nitrogen and oxygen atoms in total. The standard InChI is InChI=1S/C17H20ClN/c1-12-5-3-4-6-14(12)9-10-17(19)15-8-7-13(2)16(18)11-15/h3-8,11,17H,9-10,19H2,1-2H3. The van der Waals surface area contributed by atoms with Crippen molar-refractivity contribution in [1.82, 2.24) is 0 Å². The predicted octanol–water partition coefficient (Wildman–Crippen LogP) is 4.59. The first-order valence-electron chi connectivity index (χ1n) is 6.64. The van der Waals surface area contributed by atoms with E-state index in [1.807, 2.05) is 19.1 Å². The van der Waals surface area contributed by atoms with Crippen molar-refractivity contribution in [2.24, 2.45) is 5.73 Å². The lowest BCUT2D eigenvalue weighted by Crippen LogP contribution is -2.11. The molecule has 0 aliphatic heterocycles. The highest BCUT2D eigenvalue weighted by Crippen LogP contribution is 2.23. The zero-order valence-corrected chi connectivity index (χ0v) is 12.2. The number of nitrogens with two attached hydrogens (primary N) is 1. The summed E-state index contributed by atoms with van der Waals surface area (Å²) in [5.41, 5.74) is 11.2. The Balaban J connectivity index is 2.03. The molecule has 2 rings (SSSR count). The van der Waals surface area contributed by atoms with E-state index in [1.165, 1.54) is 11.1 Å². The molecule has 100 valence electrons. The molecule has 0 heterocycles. The maximum Gasteiger partial charge on any atom is 0.0438 e. The van der Waals surface area contributed by atoms with Crippen LogP contribution in [0.3, 0.4) is 0 Å². The van der Waals surface area contributed by atoms with Crippen molar-refractivity contribution in [3.63, 3.8) is 0 Å². The van der Waals surface area contributed by atoms with Crippen LogP contribution in [0.1, 0.15) is 34.7 Å². The minimum atomic E-state index is 0.0395. The Morgan fingerprint density at radius 3 is 2.47 bits per heavy atom. The lowest BCUT2D eigenvalue weighted by atomic mass is 9.97. The molecule has 2 N–H and O–H groups in total. The van der Waals surface area contributed by atoms with Gasteiger partial charge in [0.2, 0.25) is 0 Å². The second-order valence-electron chi connectivity index (χ2n) is 5.08. The van der Waals surface area contributed by atoms with Gasteiger partial charge in [0.25, 0.3) is 0 Å². The lowest BCUT2D eigenvalue weighted by Gasteiger charge is -2.14. The molecule has 19 heavy (non-hydrogen) atoms.